The summed E-state index contributed by atoms with van der Waals surface area (Å²) in [5.41, 5.74) is 1.08. The highest BCUT2D eigenvalue weighted by Gasteiger charge is 2.26. The number of likely N-dealkylation sites (tertiary alicyclic amines) is 1. The number of carbonyl (C=O) groups is 3. The van der Waals surface area contributed by atoms with Crippen molar-refractivity contribution in [1.29, 1.82) is 0 Å². The lowest BCUT2D eigenvalue weighted by molar-refractivity contribution is -0.149. The Bertz CT molecular complexity index is 687. The molecule has 0 aliphatic carbocycles. The molecule has 1 saturated heterocycles. The Morgan fingerprint density at radius 3 is 2.66 bits per heavy atom. The molecule has 29 heavy (non-hydrogen) atoms. The Hall–Kier alpha value is -2.45. The Kier molecular flexibility index (Phi) is 9.59. The predicted octanol–water partition coefficient (Wildman–Crippen LogP) is 1.67. The van der Waals surface area contributed by atoms with Gasteiger partial charge in [-0.1, -0.05) is 6.07 Å². The number of hydrogen-bond donors (Lipinski definition) is 2. The summed E-state index contributed by atoms with van der Waals surface area (Å²) in [5, 5.41) is 5.67. The minimum Gasteiger partial charge on any atom is -0.466 e. The molecule has 1 aliphatic rings. The summed E-state index contributed by atoms with van der Waals surface area (Å²) in [6.45, 7) is 4.94. The van der Waals surface area contributed by atoms with E-state index in [1.54, 1.807) is 38.3 Å². The Balaban J connectivity index is 1.78. The topological polar surface area (TPSA) is 97.0 Å². The minimum absolute atomic E-state index is 0.0756. The molecule has 2 N–H and O–H groups in total. The van der Waals surface area contributed by atoms with Gasteiger partial charge in [0.2, 0.25) is 5.91 Å². The maximum atomic E-state index is 12.4. The normalized spacial score (nSPS) is 15.0. The van der Waals surface area contributed by atoms with Gasteiger partial charge in [0.05, 0.1) is 19.1 Å². The zero-order valence-corrected chi connectivity index (χ0v) is 17.2. The fraction of sp³-hybridized carbons (Fsp3) is 0.571. The molecule has 8 nitrogen and oxygen atoms in total. The Morgan fingerprint density at radius 1 is 1.21 bits per heavy atom. The van der Waals surface area contributed by atoms with E-state index in [0.717, 1.165) is 6.42 Å². The van der Waals surface area contributed by atoms with E-state index < -0.39 is 0 Å². The van der Waals surface area contributed by atoms with Gasteiger partial charge >= 0.3 is 5.97 Å². The van der Waals surface area contributed by atoms with Gasteiger partial charge in [-0.05, 0) is 57.5 Å². The summed E-state index contributed by atoms with van der Waals surface area (Å²) in [4.78, 5) is 38.4. The molecule has 2 rings (SSSR count). The number of carbonyl (C=O) groups excluding carboxylic acids is 3. The van der Waals surface area contributed by atoms with Crippen LogP contribution in [0.25, 0.3) is 0 Å². The first kappa shape index (κ1) is 22.8. The first-order valence-corrected chi connectivity index (χ1v) is 10.1. The smallest absolute Gasteiger partial charge is 0.309 e. The highest BCUT2D eigenvalue weighted by Crippen LogP contribution is 2.19. The van der Waals surface area contributed by atoms with Crippen LogP contribution in [0.3, 0.4) is 0 Å². The summed E-state index contributed by atoms with van der Waals surface area (Å²) in [5.74, 6) is -0.544. The van der Waals surface area contributed by atoms with Gasteiger partial charge in [0.15, 0.2) is 0 Å². The zero-order valence-electron chi connectivity index (χ0n) is 17.2. The van der Waals surface area contributed by atoms with Crippen molar-refractivity contribution in [3.63, 3.8) is 0 Å². The van der Waals surface area contributed by atoms with Crippen LogP contribution in [0.5, 0.6) is 0 Å². The fourth-order valence-electron chi connectivity index (χ4n) is 3.25. The lowest BCUT2D eigenvalue weighted by Gasteiger charge is -2.30. The van der Waals surface area contributed by atoms with Gasteiger partial charge in [0.1, 0.15) is 0 Å². The van der Waals surface area contributed by atoms with E-state index in [9.17, 15) is 14.4 Å². The van der Waals surface area contributed by atoms with Crippen molar-refractivity contribution in [3.8, 4) is 0 Å². The van der Waals surface area contributed by atoms with E-state index in [4.69, 9.17) is 9.47 Å². The molecule has 0 aromatic heterocycles. The van der Waals surface area contributed by atoms with Gasteiger partial charge in [-0.2, -0.15) is 0 Å². The van der Waals surface area contributed by atoms with Crippen LogP contribution in [0.1, 0.15) is 36.5 Å². The molecular weight excluding hydrogens is 374 g/mol. The number of anilines is 1. The van der Waals surface area contributed by atoms with E-state index in [1.165, 1.54) is 0 Å². The second kappa shape index (κ2) is 12.2. The van der Waals surface area contributed by atoms with E-state index in [-0.39, 0.29) is 30.2 Å². The van der Waals surface area contributed by atoms with Crippen molar-refractivity contribution < 1.29 is 23.9 Å². The molecule has 0 atom stereocenters. The molecule has 1 fully saturated rings. The molecule has 0 unspecified atom stereocenters. The lowest BCUT2D eigenvalue weighted by Crippen LogP contribution is -2.41. The number of nitrogens with zero attached hydrogens (tertiary/aromatic N) is 1. The third kappa shape index (κ3) is 7.83. The lowest BCUT2D eigenvalue weighted by atomic mass is 9.97. The van der Waals surface area contributed by atoms with Crippen LogP contribution < -0.4 is 10.6 Å². The molecule has 8 heteroatoms. The second-order valence-electron chi connectivity index (χ2n) is 7.03. The zero-order chi connectivity index (χ0) is 21.1. The summed E-state index contributed by atoms with van der Waals surface area (Å²) in [6.07, 6.45) is 2.14. The summed E-state index contributed by atoms with van der Waals surface area (Å²) >= 11 is 0. The van der Waals surface area contributed by atoms with Gasteiger partial charge in [-0.3, -0.25) is 19.3 Å². The number of rotatable bonds is 10. The van der Waals surface area contributed by atoms with Gasteiger partial charge in [0, 0.05) is 31.5 Å². The molecule has 0 bridgehead atoms. The summed E-state index contributed by atoms with van der Waals surface area (Å²) in [6, 6.07) is 6.87. The fourth-order valence-corrected chi connectivity index (χ4v) is 3.25. The van der Waals surface area contributed by atoms with Crippen molar-refractivity contribution in [3.05, 3.63) is 29.8 Å². The van der Waals surface area contributed by atoms with Gasteiger partial charge < -0.3 is 20.1 Å². The molecule has 0 saturated carbocycles. The summed E-state index contributed by atoms with van der Waals surface area (Å²) < 4.78 is 10.0. The number of esters is 1. The number of piperidine rings is 1. The van der Waals surface area contributed by atoms with Crippen molar-refractivity contribution in [2.24, 2.45) is 5.92 Å². The Morgan fingerprint density at radius 2 is 1.97 bits per heavy atom. The number of hydrogen-bond acceptors (Lipinski definition) is 6. The van der Waals surface area contributed by atoms with Crippen LogP contribution in [0.15, 0.2) is 24.3 Å². The highest BCUT2D eigenvalue weighted by molar-refractivity contribution is 5.97. The molecular formula is C21H31N3O5. The van der Waals surface area contributed by atoms with Gasteiger partial charge in [0.25, 0.3) is 5.91 Å². The molecule has 2 amide bonds. The summed E-state index contributed by atoms with van der Waals surface area (Å²) in [7, 11) is 1.62. The van der Waals surface area contributed by atoms with E-state index >= 15 is 0 Å². The van der Waals surface area contributed by atoms with Crippen LogP contribution >= 0.6 is 0 Å². The quantitative estimate of drug-likeness (QED) is 0.454. The maximum absolute atomic E-state index is 12.4. The van der Waals surface area contributed by atoms with Crippen LogP contribution in [0.2, 0.25) is 0 Å². The van der Waals surface area contributed by atoms with Crippen LogP contribution in [-0.4, -0.2) is 69.2 Å². The molecule has 1 aliphatic heterocycles. The molecule has 0 spiro atoms. The molecule has 1 aromatic rings. The maximum Gasteiger partial charge on any atom is 0.309 e. The average molecular weight is 405 g/mol. The number of nitrogens with one attached hydrogen (secondary N) is 2. The van der Waals surface area contributed by atoms with E-state index in [0.29, 0.717) is 56.9 Å². The monoisotopic (exact) mass is 405 g/mol. The van der Waals surface area contributed by atoms with Crippen LogP contribution in [0.4, 0.5) is 5.69 Å². The van der Waals surface area contributed by atoms with Crippen molar-refractivity contribution >= 4 is 23.5 Å². The van der Waals surface area contributed by atoms with E-state index in [2.05, 4.69) is 10.6 Å². The number of ether oxygens (including phenoxy) is 2. The molecule has 160 valence electrons. The standard InChI is InChI=1S/C21H31N3O5/c1-3-29-21(27)16-8-11-24(12-9-16)15-19(25)23-18-7-4-6-17(14-18)20(26)22-10-5-13-28-2/h4,6-7,14,16H,3,5,8-13,15H2,1-2H3,(H,22,26)(H,23,25). The highest BCUT2D eigenvalue weighted by atomic mass is 16.5. The third-order valence-electron chi connectivity index (χ3n) is 4.79. The largest absolute Gasteiger partial charge is 0.466 e. The average Bonchev–Trinajstić information content (AvgIpc) is 2.72. The number of benzene rings is 1. The number of amides is 2. The van der Waals surface area contributed by atoms with Crippen LogP contribution in [0, 0.1) is 5.92 Å². The van der Waals surface area contributed by atoms with E-state index in [1.807, 2.05) is 4.90 Å². The molecule has 0 radical (unpaired) electrons. The second-order valence-corrected chi connectivity index (χ2v) is 7.03. The van der Waals surface area contributed by atoms with Crippen molar-refractivity contribution in [2.75, 3.05) is 51.8 Å². The SMILES string of the molecule is CCOC(=O)C1CCN(CC(=O)Nc2cccc(C(=O)NCCCOC)c2)CC1. The third-order valence-corrected chi connectivity index (χ3v) is 4.79. The van der Waals surface area contributed by atoms with Gasteiger partial charge in [-0.15, -0.1) is 0 Å². The minimum atomic E-state index is -0.182. The van der Waals surface area contributed by atoms with Gasteiger partial charge in [-0.25, -0.2) is 0 Å². The van der Waals surface area contributed by atoms with Crippen molar-refractivity contribution in [1.82, 2.24) is 10.2 Å². The Labute approximate surface area is 171 Å². The predicted molar refractivity (Wildman–Crippen MR) is 110 cm³/mol. The molecule has 1 aromatic carbocycles. The molecule has 1 heterocycles. The number of methoxy groups -OCH3 is 1. The van der Waals surface area contributed by atoms with Crippen LogP contribution in [-0.2, 0) is 19.1 Å². The first-order valence-electron chi connectivity index (χ1n) is 10.1. The van der Waals surface area contributed by atoms with Crippen molar-refractivity contribution in [2.45, 2.75) is 26.2 Å². The first-order chi connectivity index (χ1) is 14.0.